The zero-order chi connectivity index (χ0) is 23.3. The van der Waals surface area contributed by atoms with E-state index in [1.54, 1.807) is 11.0 Å². The molecule has 3 aromatic rings. The highest BCUT2D eigenvalue weighted by Gasteiger charge is 2.43. The lowest BCUT2D eigenvalue weighted by atomic mass is 9.99. The number of amides is 1. The maximum Gasteiger partial charge on any atom is 0.408 e. The normalized spacial score (nSPS) is 22.8. The molecule has 1 aromatic carbocycles. The number of fused-ring (bicyclic) bond motifs is 3. The van der Waals surface area contributed by atoms with Crippen molar-refractivity contribution in [1.82, 2.24) is 19.7 Å². The molecule has 2 fully saturated rings. The van der Waals surface area contributed by atoms with Crippen LogP contribution >= 0.6 is 0 Å². The van der Waals surface area contributed by atoms with Gasteiger partial charge >= 0.3 is 6.18 Å². The summed E-state index contributed by atoms with van der Waals surface area (Å²) in [6.07, 6.45) is -0.882. The number of aliphatic hydroxyl groups excluding tert-OH is 1. The molecule has 5 rings (SSSR count). The van der Waals surface area contributed by atoms with E-state index in [0.29, 0.717) is 29.5 Å². The third kappa shape index (κ3) is 4.31. The third-order valence-corrected chi connectivity index (χ3v) is 6.46. The highest BCUT2D eigenvalue weighted by Crippen LogP contribution is 2.37. The molecule has 2 saturated heterocycles. The minimum absolute atomic E-state index is 0.0522. The summed E-state index contributed by atoms with van der Waals surface area (Å²) in [5.41, 5.74) is 1.10. The van der Waals surface area contributed by atoms with Gasteiger partial charge in [0.05, 0.1) is 17.3 Å². The van der Waals surface area contributed by atoms with Gasteiger partial charge in [-0.3, -0.25) is 14.5 Å². The number of aliphatic hydroxyl groups is 1. The number of benzene rings is 1. The molecular weight excluding hydrogens is 440 g/mol. The molecule has 2 unspecified atom stereocenters. The number of nitrogens with zero attached hydrogens (tertiary/aromatic N) is 4. The van der Waals surface area contributed by atoms with Crippen LogP contribution in [0.15, 0.2) is 36.5 Å². The molecule has 2 aliphatic heterocycles. The quantitative estimate of drug-likeness (QED) is 0.598. The minimum Gasteiger partial charge on any atom is -0.393 e. The van der Waals surface area contributed by atoms with Crippen molar-refractivity contribution in [3.63, 3.8) is 0 Å². The average Bonchev–Trinajstić information content (AvgIpc) is 3.20. The zero-order valence-corrected chi connectivity index (χ0v) is 17.6. The van der Waals surface area contributed by atoms with Crippen molar-refractivity contribution in [2.75, 3.05) is 0 Å². The lowest BCUT2D eigenvalue weighted by molar-refractivity contribution is -0.141. The van der Waals surface area contributed by atoms with Gasteiger partial charge in [-0.25, -0.2) is 4.39 Å². The summed E-state index contributed by atoms with van der Waals surface area (Å²) in [6.45, 7) is -1.31. The smallest absolute Gasteiger partial charge is 0.393 e. The number of pyridine rings is 1. The fourth-order valence-corrected chi connectivity index (χ4v) is 5.12. The lowest BCUT2D eigenvalue weighted by Crippen LogP contribution is -2.48. The molecule has 6 nitrogen and oxygen atoms in total. The molecule has 1 N–H and O–H groups in total. The number of hydrogen-bond acceptors (Lipinski definition) is 4. The Labute approximate surface area is 186 Å². The Kier molecular flexibility index (Phi) is 5.35. The van der Waals surface area contributed by atoms with Crippen molar-refractivity contribution < 1.29 is 27.5 Å². The number of carbonyl (C=O) groups is 1. The van der Waals surface area contributed by atoms with Crippen LogP contribution in [0.5, 0.6) is 0 Å². The number of rotatable bonds is 4. The lowest BCUT2D eigenvalue weighted by Gasteiger charge is -2.37. The summed E-state index contributed by atoms with van der Waals surface area (Å²) in [4.78, 5) is 19.2. The van der Waals surface area contributed by atoms with Gasteiger partial charge in [0, 0.05) is 30.1 Å². The Hall–Kier alpha value is -3.01. The van der Waals surface area contributed by atoms with Crippen LogP contribution in [0.3, 0.4) is 0 Å². The fourth-order valence-electron chi connectivity index (χ4n) is 5.12. The van der Waals surface area contributed by atoms with Gasteiger partial charge in [-0.15, -0.1) is 0 Å². The minimum atomic E-state index is -4.51. The zero-order valence-electron chi connectivity index (χ0n) is 17.6. The van der Waals surface area contributed by atoms with Crippen LogP contribution in [0, 0.1) is 5.82 Å². The summed E-state index contributed by atoms with van der Waals surface area (Å²) >= 11 is 0. The maximum absolute atomic E-state index is 13.6. The van der Waals surface area contributed by atoms with E-state index in [4.69, 9.17) is 0 Å². The summed E-state index contributed by atoms with van der Waals surface area (Å²) in [5, 5.41) is 14.5. The SMILES string of the molecule is O=C(c1cc2c(cn1)c(Cc1cccc(F)c1)nn2CC(F)(F)F)N1C2CCC1CC(O)C2. The predicted molar refractivity (Wildman–Crippen MR) is 111 cm³/mol. The van der Waals surface area contributed by atoms with Gasteiger partial charge in [-0.05, 0) is 49.4 Å². The number of halogens is 4. The number of alkyl halides is 3. The molecule has 174 valence electrons. The molecule has 2 atom stereocenters. The van der Waals surface area contributed by atoms with E-state index in [2.05, 4.69) is 10.1 Å². The third-order valence-electron chi connectivity index (χ3n) is 6.46. The van der Waals surface area contributed by atoms with Crippen LogP contribution in [0.4, 0.5) is 17.6 Å². The Morgan fingerprint density at radius 3 is 2.55 bits per heavy atom. The molecular formula is C23H22F4N4O2. The van der Waals surface area contributed by atoms with Gasteiger partial charge in [-0.2, -0.15) is 18.3 Å². The molecule has 0 saturated carbocycles. The van der Waals surface area contributed by atoms with E-state index in [9.17, 15) is 27.5 Å². The van der Waals surface area contributed by atoms with Crippen LogP contribution in [-0.2, 0) is 13.0 Å². The topological polar surface area (TPSA) is 71.2 Å². The highest BCUT2D eigenvalue weighted by atomic mass is 19.4. The van der Waals surface area contributed by atoms with Gasteiger partial charge in [-0.1, -0.05) is 12.1 Å². The van der Waals surface area contributed by atoms with Crippen LogP contribution in [-0.4, -0.2) is 55.0 Å². The molecule has 2 bridgehead atoms. The van der Waals surface area contributed by atoms with Crippen molar-refractivity contribution in [1.29, 1.82) is 0 Å². The van der Waals surface area contributed by atoms with Gasteiger partial charge in [0.1, 0.15) is 18.1 Å². The Morgan fingerprint density at radius 1 is 1.15 bits per heavy atom. The second kappa shape index (κ2) is 8.09. The van der Waals surface area contributed by atoms with Crippen LogP contribution in [0.25, 0.3) is 10.9 Å². The predicted octanol–water partition coefficient (Wildman–Crippen LogP) is 3.85. The first-order valence-corrected chi connectivity index (χ1v) is 10.9. The molecule has 10 heteroatoms. The molecule has 0 spiro atoms. The second-order valence-electron chi connectivity index (χ2n) is 8.84. The maximum atomic E-state index is 13.6. The van der Waals surface area contributed by atoms with E-state index in [-0.39, 0.29) is 35.6 Å². The largest absolute Gasteiger partial charge is 0.408 e. The van der Waals surface area contributed by atoms with Crippen molar-refractivity contribution >= 4 is 16.8 Å². The van der Waals surface area contributed by atoms with E-state index in [1.807, 2.05) is 0 Å². The van der Waals surface area contributed by atoms with Crippen molar-refractivity contribution in [3.8, 4) is 0 Å². The Morgan fingerprint density at radius 2 is 1.88 bits per heavy atom. The number of piperidine rings is 1. The first-order valence-electron chi connectivity index (χ1n) is 10.9. The second-order valence-corrected chi connectivity index (χ2v) is 8.84. The average molecular weight is 462 g/mol. The summed E-state index contributed by atoms with van der Waals surface area (Å²) in [7, 11) is 0. The first kappa shape index (κ1) is 21.8. The molecule has 1 amide bonds. The monoisotopic (exact) mass is 462 g/mol. The Bertz CT molecular complexity index is 1190. The van der Waals surface area contributed by atoms with Crippen molar-refractivity contribution in [2.24, 2.45) is 0 Å². The number of carbonyl (C=O) groups excluding carboxylic acids is 1. The van der Waals surface area contributed by atoms with Gasteiger partial charge in [0.2, 0.25) is 0 Å². The summed E-state index contributed by atoms with van der Waals surface area (Å²) < 4.78 is 54.1. The molecule has 2 aromatic heterocycles. The van der Waals surface area contributed by atoms with E-state index < -0.39 is 24.6 Å². The van der Waals surface area contributed by atoms with Crippen molar-refractivity contribution in [2.45, 2.75) is 63.0 Å². The highest BCUT2D eigenvalue weighted by molar-refractivity contribution is 5.96. The van der Waals surface area contributed by atoms with E-state index in [0.717, 1.165) is 17.5 Å². The molecule has 4 heterocycles. The molecule has 0 aliphatic carbocycles. The first-order chi connectivity index (χ1) is 15.7. The Balaban J connectivity index is 1.52. The van der Waals surface area contributed by atoms with Gasteiger partial charge < -0.3 is 10.0 Å². The molecule has 0 radical (unpaired) electrons. The van der Waals surface area contributed by atoms with Crippen LogP contribution in [0.2, 0.25) is 0 Å². The fraction of sp³-hybridized carbons (Fsp3) is 0.435. The molecule has 33 heavy (non-hydrogen) atoms. The summed E-state index contributed by atoms with van der Waals surface area (Å²) in [6, 6.07) is 6.97. The van der Waals surface area contributed by atoms with Crippen LogP contribution in [0.1, 0.15) is 47.4 Å². The van der Waals surface area contributed by atoms with Crippen LogP contribution < -0.4 is 0 Å². The van der Waals surface area contributed by atoms with Crippen molar-refractivity contribution in [3.05, 3.63) is 59.3 Å². The number of hydrogen-bond donors (Lipinski definition) is 1. The van der Waals surface area contributed by atoms with Gasteiger partial charge in [0.25, 0.3) is 5.91 Å². The molecule has 2 aliphatic rings. The number of aromatic nitrogens is 3. The van der Waals surface area contributed by atoms with E-state index >= 15 is 0 Å². The summed E-state index contributed by atoms with van der Waals surface area (Å²) in [5.74, 6) is -0.790. The standard InChI is InChI=1S/C23H22F4N4O2/c24-14-3-1-2-13(6-14)7-19-18-11-28-20(10-21(18)30(29-19)12-23(25,26)27)22(33)31-15-4-5-16(31)9-17(32)8-15/h1-3,6,10-11,15-17,32H,4-5,7-9,12H2. The van der Waals surface area contributed by atoms with E-state index in [1.165, 1.54) is 30.5 Å². The van der Waals surface area contributed by atoms with Gasteiger partial charge in [0.15, 0.2) is 0 Å².